The second-order valence-electron chi connectivity index (χ2n) is 6.13. The summed E-state index contributed by atoms with van der Waals surface area (Å²) < 4.78 is 0. The molecule has 21 heavy (non-hydrogen) atoms. The number of carbonyl (C=O) groups excluding carboxylic acids is 1. The zero-order chi connectivity index (χ0) is 15.2. The van der Waals surface area contributed by atoms with Crippen LogP contribution < -0.4 is 10.2 Å². The van der Waals surface area contributed by atoms with Crippen molar-refractivity contribution in [2.75, 3.05) is 45.2 Å². The monoisotopic (exact) mass is 290 g/mol. The first-order chi connectivity index (χ1) is 10.1. The normalized spacial score (nSPS) is 16.3. The number of aromatic nitrogens is 1. The molecule has 0 radical (unpaired) electrons. The molecule has 116 valence electrons. The Morgan fingerprint density at radius 1 is 1.43 bits per heavy atom. The van der Waals surface area contributed by atoms with Gasteiger partial charge in [-0.1, -0.05) is 6.92 Å². The summed E-state index contributed by atoms with van der Waals surface area (Å²) in [6.45, 7) is 5.89. The highest BCUT2D eigenvalue weighted by Crippen LogP contribution is 2.22. The van der Waals surface area contributed by atoms with Gasteiger partial charge in [0.15, 0.2) is 0 Å². The first-order valence-corrected chi connectivity index (χ1v) is 7.70. The fourth-order valence-electron chi connectivity index (χ4n) is 2.49. The summed E-state index contributed by atoms with van der Waals surface area (Å²) in [4.78, 5) is 20.7. The van der Waals surface area contributed by atoms with Gasteiger partial charge in [0, 0.05) is 38.1 Å². The van der Waals surface area contributed by atoms with Gasteiger partial charge in [0.05, 0.1) is 0 Å². The zero-order valence-electron chi connectivity index (χ0n) is 13.3. The van der Waals surface area contributed by atoms with Crippen LogP contribution >= 0.6 is 0 Å². The van der Waals surface area contributed by atoms with Gasteiger partial charge < -0.3 is 15.1 Å². The first-order valence-electron chi connectivity index (χ1n) is 7.70. The number of likely N-dealkylation sites (N-methyl/N-ethyl adjacent to an activating group) is 1. The third-order valence-corrected chi connectivity index (χ3v) is 3.97. The van der Waals surface area contributed by atoms with E-state index in [4.69, 9.17) is 0 Å². The third-order valence-electron chi connectivity index (χ3n) is 3.97. The van der Waals surface area contributed by atoms with E-state index in [-0.39, 0.29) is 5.91 Å². The van der Waals surface area contributed by atoms with Gasteiger partial charge in [0.25, 0.3) is 5.91 Å². The summed E-state index contributed by atoms with van der Waals surface area (Å²) in [6.07, 6.45) is 4.16. The van der Waals surface area contributed by atoms with Crippen molar-refractivity contribution in [2.24, 2.45) is 5.92 Å². The summed E-state index contributed by atoms with van der Waals surface area (Å²) in [5.74, 6) is 0.709. The van der Waals surface area contributed by atoms with Crippen molar-refractivity contribution in [3.63, 3.8) is 0 Å². The van der Waals surface area contributed by atoms with Gasteiger partial charge in [-0.3, -0.25) is 9.78 Å². The highest BCUT2D eigenvalue weighted by atomic mass is 16.1. The predicted molar refractivity (Wildman–Crippen MR) is 85.7 cm³/mol. The molecule has 0 atom stereocenters. The first kappa shape index (κ1) is 15.8. The number of nitrogens with one attached hydrogen (secondary N) is 1. The second kappa shape index (κ2) is 7.41. The van der Waals surface area contributed by atoms with Crippen LogP contribution in [0.2, 0.25) is 0 Å². The van der Waals surface area contributed by atoms with Crippen LogP contribution in [0.3, 0.4) is 0 Å². The van der Waals surface area contributed by atoms with Crippen molar-refractivity contribution < 1.29 is 4.79 Å². The molecule has 1 fully saturated rings. The standard InChI is InChI=1S/C16H26N4O/c1-13-5-9-20(10-6-13)14-4-7-17-15(12-14)16(21)18-8-11-19(2)3/h4,7,12-13H,5-6,8-11H2,1-3H3,(H,18,21). The molecule has 2 rings (SSSR count). The van der Waals surface area contributed by atoms with Gasteiger partial charge in [0.1, 0.15) is 5.69 Å². The molecular weight excluding hydrogens is 264 g/mol. The Bertz CT molecular complexity index is 467. The Balaban J connectivity index is 1.95. The van der Waals surface area contributed by atoms with Crippen LogP contribution in [0.25, 0.3) is 0 Å². The highest BCUT2D eigenvalue weighted by Gasteiger charge is 2.17. The maximum absolute atomic E-state index is 12.1. The number of anilines is 1. The molecule has 0 bridgehead atoms. The van der Waals surface area contributed by atoms with E-state index in [2.05, 4.69) is 22.1 Å². The van der Waals surface area contributed by atoms with Crippen LogP contribution in [-0.2, 0) is 0 Å². The van der Waals surface area contributed by atoms with E-state index in [0.29, 0.717) is 12.2 Å². The minimum atomic E-state index is -0.0934. The van der Waals surface area contributed by atoms with Crippen LogP contribution in [-0.4, -0.2) is 56.1 Å². The molecule has 2 heterocycles. The molecule has 0 aliphatic carbocycles. The van der Waals surface area contributed by atoms with Crippen LogP contribution in [0.15, 0.2) is 18.3 Å². The van der Waals surface area contributed by atoms with Crippen LogP contribution in [0.1, 0.15) is 30.3 Å². The zero-order valence-corrected chi connectivity index (χ0v) is 13.3. The fraction of sp³-hybridized carbons (Fsp3) is 0.625. The van der Waals surface area contributed by atoms with E-state index < -0.39 is 0 Å². The molecule has 1 amide bonds. The van der Waals surface area contributed by atoms with Gasteiger partial charge in [-0.05, 0) is 45.0 Å². The Morgan fingerprint density at radius 3 is 2.81 bits per heavy atom. The van der Waals surface area contributed by atoms with E-state index >= 15 is 0 Å². The smallest absolute Gasteiger partial charge is 0.269 e. The quantitative estimate of drug-likeness (QED) is 0.895. The lowest BCUT2D eigenvalue weighted by molar-refractivity contribution is 0.0946. The summed E-state index contributed by atoms with van der Waals surface area (Å²) >= 11 is 0. The molecule has 1 N–H and O–H groups in total. The number of rotatable bonds is 5. The van der Waals surface area contributed by atoms with E-state index in [1.807, 2.05) is 31.1 Å². The van der Waals surface area contributed by atoms with E-state index in [1.54, 1.807) is 6.20 Å². The number of pyridine rings is 1. The SMILES string of the molecule is CC1CCN(c2ccnc(C(=O)NCCN(C)C)c2)CC1. The number of hydrogen-bond acceptors (Lipinski definition) is 4. The molecule has 5 nitrogen and oxygen atoms in total. The maximum atomic E-state index is 12.1. The molecule has 1 aliphatic rings. The van der Waals surface area contributed by atoms with E-state index in [9.17, 15) is 4.79 Å². The molecule has 1 saturated heterocycles. The molecule has 0 saturated carbocycles. The number of amides is 1. The third kappa shape index (κ3) is 4.70. The lowest BCUT2D eigenvalue weighted by Crippen LogP contribution is -2.34. The van der Waals surface area contributed by atoms with Crippen LogP contribution in [0.5, 0.6) is 0 Å². The summed E-state index contributed by atoms with van der Waals surface area (Å²) in [7, 11) is 3.98. The average Bonchev–Trinajstić information content (AvgIpc) is 2.47. The van der Waals surface area contributed by atoms with E-state index in [1.165, 1.54) is 12.8 Å². The molecule has 1 aliphatic heterocycles. The van der Waals surface area contributed by atoms with Gasteiger partial charge in [-0.2, -0.15) is 0 Å². The molecule has 1 aromatic rings. The largest absolute Gasteiger partial charge is 0.371 e. The van der Waals surface area contributed by atoms with Crippen LogP contribution in [0.4, 0.5) is 5.69 Å². The number of piperidine rings is 1. The molecule has 1 aromatic heterocycles. The molecule has 0 unspecified atom stereocenters. The molecule has 0 aromatic carbocycles. The van der Waals surface area contributed by atoms with E-state index in [0.717, 1.165) is 31.2 Å². The number of nitrogens with zero attached hydrogens (tertiary/aromatic N) is 3. The summed E-state index contributed by atoms with van der Waals surface area (Å²) in [5, 5.41) is 2.91. The lowest BCUT2D eigenvalue weighted by Gasteiger charge is -2.32. The topological polar surface area (TPSA) is 48.5 Å². The Kier molecular flexibility index (Phi) is 5.56. The lowest BCUT2D eigenvalue weighted by atomic mass is 9.99. The van der Waals surface area contributed by atoms with Gasteiger partial charge >= 0.3 is 0 Å². The second-order valence-corrected chi connectivity index (χ2v) is 6.13. The fourth-order valence-corrected chi connectivity index (χ4v) is 2.49. The Morgan fingerprint density at radius 2 is 2.14 bits per heavy atom. The summed E-state index contributed by atoms with van der Waals surface area (Å²) in [5.41, 5.74) is 1.61. The van der Waals surface area contributed by atoms with Crippen molar-refractivity contribution in [2.45, 2.75) is 19.8 Å². The van der Waals surface area contributed by atoms with Gasteiger partial charge in [-0.15, -0.1) is 0 Å². The molecule has 0 spiro atoms. The van der Waals surface area contributed by atoms with Crippen molar-refractivity contribution in [1.82, 2.24) is 15.2 Å². The average molecular weight is 290 g/mol. The van der Waals surface area contributed by atoms with Crippen molar-refractivity contribution in [3.05, 3.63) is 24.0 Å². The van der Waals surface area contributed by atoms with Crippen LogP contribution in [0, 0.1) is 5.92 Å². The minimum Gasteiger partial charge on any atom is -0.371 e. The molecule has 5 heteroatoms. The maximum Gasteiger partial charge on any atom is 0.269 e. The molecular formula is C16H26N4O. The highest BCUT2D eigenvalue weighted by molar-refractivity contribution is 5.93. The Hall–Kier alpha value is -1.62. The predicted octanol–water partition coefficient (Wildman–Crippen LogP) is 1.61. The number of carbonyl (C=O) groups is 1. The Labute approximate surface area is 127 Å². The van der Waals surface area contributed by atoms with Crippen molar-refractivity contribution in [3.8, 4) is 0 Å². The van der Waals surface area contributed by atoms with Crippen molar-refractivity contribution >= 4 is 11.6 Å². The summed E-state index contributed by atoms with van der Waals surface area (Å²) in [6, 6.07) is 3.90. The van der Waals surface area contributed by atoms with Crippen molar-refractivity contribution in [1.29, 1.82) is 0 Å². The van der Waals surface area contributed by atoms with Gasteiger partial charge in [-0.25, -0.2) is 0 Å². The number of hydrogen-bond donors (Lipinski definition) is 1. The minimum absolute atomic E-state index is 0.0934. The van der Waals surface area contributed by atoms with Gasteiger partial charge in [0.2, 0.25) is 0 Å².